The minimum absolute atomic E-state index is 0.775. The van der Waals surface area contributed by atoms with Gasteiger partial charge in [0.15, 0.2) is 6.39 Å². The van der Waals surface area contributed by atoms with Gasteiger partial charge in [0.2, 0.25) is 0 Å². The second kappa shape index (κ2) is 1.98. The second-order valence-corrected chi connectivity index (χ2v) is 1.84. The Bertz CT molecular complexity index is 252. The molecule has 0 saturated carbocycles. The Morgan fingerprint density at radius 3 is 3.10 bits per heavy atom. The average Bonchev–Trinajstić information content (AvgIpc) is 2.59. The van der Waals surface area contributed by atoms with Crippen molar-refractivity contribution in [3.8, 4) is 11.4 Å². The van der Waals surface area contributed by atoms with Gasteiger partial charge in [0.1, 0.15) is 12.0 Å². The maximum absolute atomic E-state index is 4.78. The van der Waals surface area contributed by atoms with Crippen LogP contribution in [-0.2, 0) is 0 Å². The molecule has 2 heterocycles. The number of hydrogen-bond acceptors (Lipinski definition) is 3. The first-order valence-corrected chi connectivity index (χ1v) is 2.84. The molecular weight excluding hydrogens is 130 g/mol. The zero-order valence-electron chi connectivity index (χ0n) is 5.11. The molecule has 0 spiro atoms. The second-order valence-electron chi connectivity index (χ2n) is 1.84. The third-order valence-corrected chi connectivity index (χ3v) is 1.21. The minimum Gasteiger partial charge on any atom is -0.451 e. The van der Waals surface area contributed by atoms with E-state index < -0.39 is 0 Å². The number of rotatable bonds is 1. The summed E-state index contributed by atoms with van der Waals surface area (Å²) in [4.78, 5) is 10.7. The smallest absolute Gasteiger partial charge is 0.181 e. The lowest BCUT2D eigenvalue weighted by Gasteiger charge is -1.82. The lowest BCUT2D eigenvalue weighted by Crippen LogP contribution is -1.73. The molecule has 0 fully saturated rings. The highest BCUT2D eigenvalue weighted by Crippen LogP contribution is 2.10. The van der Waals surface area contributed by atoms with Crippen LogP contribution in [-0.4, -0.2) is 15.0 Å². The molecule has 50 valence electrons. The zero-order valence-corrected chi connectivity index (χ0v) is 5.11. The Balaban J connectivity index is 2.48. The molecule has 0 radical (unpaired) electrons. The molecule has 2 rings (SSSR count). The molecule has 4 nitrogen and oxygen atoms in total. The number of hydrogen-bond donors (Lipinski definition) is 1. The van der Waals surface area contributed by atoms with Crippen LogP contribution in [0.1, 0.15) is 0 Å². The number of nitrogens with one attached hydrogen (secondary N) is 1. The summed E-state index contributed by atoms with van der Waals surface area (Å²) in [7, 11) is 0. The average molecular weight is 135 g/mol. The molecule has 2 aromatic rings. The van der Waals surface area contributed by atoms with Gasteiger partial charge in [0, 0.05) is 0 Å². The van der Waals surface area contributed by atoms with Gasteiger partial charge in [0.05, 0.1) is 18.2 Å². The molecule has 10 heavy (non-hydrogen) atoms. The van der Waals surface area contributed by atoms with Crippen molar-refractivity contribution in [2.75, 3.05) is 0 Å². The highest BCUT2D eigenvalue weighted by molar-refractivity contribution is 5.49. The summed E-state index contributed by atoms with van der Waals surface area (Å²) in [6.45, 7) is 0. The van der Waals surface area contributed by atoms with Crippen molar-refractivity contribution < 1.29 is 4.42 Å². The van der Waals surface area contributed by atoms with E-state index in [4.69, 9.17) is 4.42 Å². The lowest BCUT2D eigenvalue weighted by molar-refractivity contribution is 0.558. The van der Waals surface area contributed by atoms with Gasteiger partial charge in [-0.3, -0.25) is 0 Å². The van der Waals surface area contributed by atoms with Crippen molar-refractivity contribution in [2.45, 2.75) is 0 Å². The van der Waals surface area contributed by atoms with Crippen LogP contribution in [0.25, 0.3) is 11.4 Å². The summed E-state index contributed by atoms with van der Waals surface area (Å²) in [6, 6.07) is 0. The topological polar surface area (TPSA) is 54.7 Å². The summed E-state index contributed by atoms with van der Waals surface area (Å²) in [5.74, 6) is 0. The maximum Gasteiger partial charge on any atom is 0.181 e. The maximum atomic E-state index is 4.78. The van der Waals surface area contributed by atoms with Gasteiger partial charge in [-0.25, -0.2) is 9.97 Å². The van der Waals surface area contributed by atoms with E-state index in [2.05, 4.69) is 15.0 Å². The van der Waals surface area contributed by atoms with Crippen LogP contribution < -0.4 is 0 Å². The standard InChI is InChI=1S/C6H5N3O/c1-5(8-3-7-1)6-2-10-4-9-6/h1-4H,(H,7,8). The van der Waals surface area contributed by atoms with Crippen molar-refractivity contribution in [1.29, 1.82) is 0 Å². The van der Waals surface area contributed by atoms with Gasteiger partial charge in [-0.2, -0.15) is 0 Å². The van der Waals surface area contributed by atoms with E-state index in [9.17, 15) is 0 Å². The van der Waals surface area contributed by atoms with E-state index in [1.807, 2.05) is 0 Å². The molecule has 4 heteroatoms. The van der Waals surface area contributed by atoms with E-state index in [-0.39, 0.29) is 0 Å². The Morgan fingerprint density at radius 1 is 1.50 bits per heavy atom. The summed E-state index contributed by atoms with van der Waals surface area (Å²) in [6.07, 6.45) is 6.24. The Kier molecular flexibility index (Phi) is 1.04. The number of aromatic nitrogens is 3. The van der Waals surface area contributed by atoms with Gasteiger partial charge in [-0.1, -0.05) is 0 Å². The van der Waals surface area contributed by atoms with Crippen molar-refractivity contribution in [3.05, 3.63) is 25.2 Å². The van der Waals surface area contributed by atoms with Crippen LogP contribution in [0.4, 0.5) is 0 Å². The van der Waals surface area contributed by atoms with E-state index in [1.165, 1.54) is 6.39 Å². The third kappa shape index (κ3) is 0.699. The van der Waals surface area contributed by atoms with Crippen LogP contribution in [0.3, 0.4) is 0 Å². The molecule has 0 unspecified atom stereocenters. The molecule has 0 aliphatic rings. The zero-order chi connectivity index (χ0) is 6.81. The molecule has 0 amide bonds. The van der Waals surface area contributed by atoms with Crippen LogP contribution in [0.5, 0.6) is 0 Å². The van der Waals surface area contributed by atoms with Gasteiger partial charge in [-0.05, 0) is 0 Å². The van der Waals surface area contributed by atoms with E-state index >= 15 is 0 Å². The van der Waals surface area contributed by atoms with Gasteiger partial charge in [0.25, 0.3) is 0 Å². The first kappa shape index (κ1) is 5.22. The summed E-state index contributed by atoms with van der Waals surface area (Å²) in [5, 5.41) is 0. The van der Waals surface area contributed by atoms with Crippen molar-refractivity contribution in [1.82, 2.24) is 15.0 Å². The molecule has 0 aromatic carbocycles. The number of aromatic amines is 1. The molecule has 1 N–H and O–H groups in total. The Labute approximate surface area is 56.9 Å². The Hall–Kier alpha value is -1.58. The van der Waals surface area contributed by atoms with Crippen molar-refractivity contribution in [3.63, 3.8) is 0 Å². The van der Waals surface area contributed by atoms with Gasteiger partial charge >= 0.3 is 0 Å². The number of nitrogens with zero attached hydrogens (tertiary/aromatic N) is 2. The van der Waals surface area contributed by atoms with Gasteiger partial charge in [-0.15, -0.1) is 0 Å². The van der Waals surface area contributed by atoms with Crippen LogP contribution in [0.2, 0.25) is 0 Å². The normalized spacial score (nSPS) is 10.0. The highest BCUT2D eigenvalue weighted by atomic mass is 16.3. The SMILES string of the molecule is c1ncc(-c2cocn2)[nH]1. The predicted octanol–water partition coefficient (Wildman–Crippen LogP) is 1.06. The van der Waals surface area contributed by atoms with Crippen molar-refractivity contribution >= 4 is 0 Å². The monoisotopic (exact) mass is 135 g/mol. The summed E-state index contributed by atoms with van der Waals surface area (Å²) in [5.41, 5.74) is 1.64. The molecule has 0 bridgehead atoms. The molecule has 2 aromatic heterocycles. The Morgan fingerprint density at radius 2 is 2.50 bits per heavy atom. The number of H-pyrrole nitrogens is 1. The first-order valence-electron chi connectivity index (χ1n) is 2.84. The van der Waals surface area contributed by atoms with Crippen LogP contribution in [0, 0.1) is 0 Å². The van der Waals surface area contributed by atoms with Crippen molar-refractivity contribution in [2.24, 2.45) is 0 Å². The van der Waals surface area contributed by atoms with Crippen LogP contribution >= 0.6 is 0 Å². The van der Waals surface area contributed by atoms with Crippen LogP contribution in [0.15, 0.2) is 29.6 Å². The quantitative estimate of drug-likeness (QED) is 0.636. The third-order valence-electron chi connectivity index (χ3n) is 1.21. The molecule has 0 aliphatic carbocycles. The first-order chi connectivity index (χ1) is 4.97. The fourth-order valence-corrected chi connectivity index (χ4v) is 0.742. The molecule has 0 saturated heterocycles. The fraction of sp³-hybridized carbons (Fsp3) is 0. The fourth-order valence-electron chi connectivity index (χ4n) is 0.742. The molecule has 0 aliphatic heterocycles. The molecular formula is C6H5N3O. The summed E-state index contributed by atoms with van der Waals surface area (Å²) < 4.78 is 4.78. The minimum atomic E-state index is 0.775. The van der Waals surface area contributed by atoms with E-state index in [1.54, 1.807) is 18.8 Å². The molecule has 0 atom stereocenters. The lowest BCUT2D eigenvalue weighted by atomic mass is 10.4. The summed E-state index contributed by atoms with van der Waals surface area (Å²) >= 11 is 0. The largest absolute Gasteiger partial charge is 0.451 e. The number of imidazole rings is 1. The van der Waals surface area contributed by atoms with Gasteiger partial charge < -0.3 is 9.40 Å². The highest BCUT2D eigenvalue weighted by Gasteiger charge is 1.98. The van der Waals surface area contributed by atoms with E-state index in [0.717, 1.165) is 11.4 Å². The predicted molar refractivity (Wildman–Crippen MR) is 34.1 cm³/mol. The van der Waals surface area contributed by atoms with E-state index in [0.29, 0.717) is 0 Å². The number of oxazole rings is 1.